The quantitative estimate of drug-likeness (QED) is 0.853. The van der Waals surface area contributed by atoms with Crippen LogP contribution in [0.4, 0.5) is 11.4 Å². The van der Waals surface area contributed by atoms with E-state index >= 15 is 0 Å². The Kier molecular flexibility index (Phi) is 3.47. The average molecular weight is 294 g/mol. The predicted octanol–water partition coefficient (Wildman–Crippen LogP) is 2.37. The molecule has 0 aliphatic carbocycles. The molecule has 2 amide bonds. The van der Waals surface area contributed by atoms with Crippen LogP contribution in [0.1, 0.15) is 28.4 Å². The molecule has 0 atom stereocenters. The van der Waals surface area contributed by atoms with Crippen molar-refractivity contribution in [3.8, 4) is 0 Å². The Labute approximate surface area is 127 Å². The first-order valence-electron chi connectivity index (χ1n) is 6.88. The van der Waals surface area contributed by atoms with Crippen LogP contribution in [0.3, 0.4) is 0 Å². The number of carbonyl (C=O) groups is 3. The third kappa shape index (κ3) is 2.74. The monoisotopic (exact) mass is 294 g/mol. The molecule has 0 bridgehead atoms. The molecule has 1 heterocycles. The highest BCUT2D eigenvalue weighted by atomic mass is 16.2. The van der Waals surface area contributed by atoms with Crippen LogP contribution < -0.4 is 10.6 Å². The van der Waals surface area contributed by atoms with Crippen molar-refractivity contribution in [3.63, 3.8) is 0 Å². The van der Waals surface area contributed by atoms with Gasteiger partial charge in [0.2, 0.25) is 11.8 Å². The van der Waals surface area contributed by atoms with Gasteiger partial charge in [-0.15, -0.1) is 0 Å². The summed E-state index contributed by atoms with van der Waals surface area (Å²) in [5, 5.41) is 5.38. The van der Waals surface area contributed by atoms with E-state index in [1.54, 1.807) is 42.5 Å². The highest BCUT2D eigenvalue weighted by Crippen LogP contribution is 2.25. The molecule has 5 heteroatoms. The fraction of sp³-hybridized carbons (Fsp3) is 0.118. The number of nitrogens with one attached hydrogen (secondary N) is 2. The lowest BCUT2D eigenvalue weighted by molar-refractivity contribution is -0.115. The molecular formula is C17H14N2O3. The summed E-state index contributed by atoms with van der Waals surface area (Å²) in [5.41, 5.74) is 3.15. The lowest BCUT2D eigenvalue weighted by Gasteiger charge is -2.07. The minimum absolute atomic E-state index is 0.0627. The zero-order valence-electron chi connectivity index (χ0n) is 12.0. The van der Waals surface area contributed by atoms with Gasteiger partial charge in [-0.1, -0.05) is 24.3 Å². The van der Waals surface area contributed by atoms with E-state index in [0.717, 1.165) is 5.56 Å². The maximum absolute atomic E-state index is 12.5. The van der Waals surface area contributed by atoms with E-state index in [1.165, 1.54) is 6.92 Å². The molecule has 22 heavy (non-hydrogen) atoms. The minimum atomic E-state index is -0.190. The number of rotatable bonds is 3. The molecule has 1 aliphatic rings. The van der Waals surface area contributed by atoms with Crippen LogP contribution in [-0.4, -0.2) is 17.6 Å². The second-order valence-corrected chi connectivity index (χ2v) is 5.19. The number of amides is 2. The van der Waals surface area contributed by atoms with Crippen molar-refractivity contribution in [2.75, 3.05) is 10.6 Å². The maximum atomic E-state index is 12.5. The summed E-state index contributed by atoms with van der Waals surface area (Å²) in [6.07, 6.45) is 0.349. The van der Waals surface area contributed by atoms with Gasteiger partial charge in [0.25, 0.3) is 0 Å². The Morgan fingerprint density at radius 3 is 2.64 bits per heavy atom. The molecule has 2 aromatic rings. The summed E-state index contributed by atoms with van der Waals surface area (Å²) in [6.45, 7) is 1.41. The van der Waals surface area contributed by atoms with Gasteiger partial charge in [-0.05, 0) is 23.8 Å². The van der Waals surface area contributed by atoms with Gasteiger partial charge >= 0.3 is 0 Å². The lowest BCUT2D eigenvalue weighted by atomic mass is 10.0. The molecule has 3 rings (SSSR count). The van der Waals surface area contributed by atoms with E-state index in [-0.39, 0.29) is 17.6 Å². The van der Waals surface area contributed by atoms with Gasteiger partial charge in [-0.25, -0.2) is 0 Å². The second-order valence-electron chi connectivity index (χ2n) is 5.19. The van der Waals surface area contributed by atoms with Crippen LogP contribution in [0.25, 0.3) is 0 Å². The van der Waals surface area contributed by atoms with Crippen LogP contribution in [0.2, 0.25) is 0 Å². The van der Waals surface area contributed by atoms with Gasteiger partial charge < -0.3 is 10.6 Å². The molecule has 0 radical (unpaired) electrons. The van der Waals surface area contributed by atoms with Gasteiger partial charge in [0.1, 0.15) is 0 Å². The fourth-order valence-electron chi connectivity index (χ4n) is 2.46. The summed E-state index contributed by atoms with van der Waals surface area (Å²) in [4.78, 5) is 35.0. The Morgan fingerprint density at radius 2 is 1.86 bits per heavy atom. The Hall–Kier alpha value is -2.95. The largest absolute Gasteiger partial charge is 0.326 e. The molecule has 2 aromatic carbocycles. The topological polar surface area (TPSA) is 75.3 Å². The first-order valence-corrected chi connectivity index (χ1v) is 6.88. The zero-order valence-corrected chi connectivity index (χ0v) is 12.0. The number of hydrogen-bond donors (Lipinski definition) is 2. The molecule has 110 valence electrons. The van der Waals surface area contributed by atoms with E-state index < -0.39 is 0 Å². The van der Waals surface area contributed by atoms with Crippen LogP contribution >= 0.6 is 0 Å². The number of ketones is 1. The van der Waals surface area contributed by atoms with Crippen LogP contribution in [0, 0.1) is 0 Å². The molecule has 5 nitrogen and oxygen atoms in total. The smallest absolute Gasteiger partial charge is 0.228 e. The number of benzene rings is 2. The molecule has 0 saturated heterocycles. The van der Waals surface area contributed by atoms with Crippen molar-refractivity contribution in [1.29, 1.82) is 0 Å². The van der Waals surface area contributed by atoms with Crippen molar-refractivity contribution in [2.45, 2.75) is 13.3 Å². The molecular weight excluding hydrogens is 280 g/mol. The molecule has 0 fully saturated rings. The molecule has 0 aromatic heterocycles. The van der Waals surface area contributed by atoms with Gasteiger partial charge in [-0.2, -0.15) is 0 Å². The second kappa shape index (κ2) is 5.44. The van der Waals surface area contributed by atoms with E-state index in [9.17, 15) is 14.4 Å². The SMILES string of the molecule is CC(=O)Nc1cccc(C(=O)c2ccc3c(c2)NC(=O)C3)c1. The predicted molar refractivity (Wildman–Crippen MR) is 83.0 cm³/mol. The summed E-state index contributed by atoms with van der Waals surface area (Å²) in [5.74, 6) is -0.409. The number of hydrogen-bond acceptors (Lipinski definition) is 3. The third-order valence-corrected chi connectivity index (χ3v) is 3.44. The van der Waals surface area contributed by atoms with E-state index in [1.807, 2.05) is 0 Å². The van der Waals surface area contributed by atoms with E-state index in [4.69, 9.17) is 0 Å². The summed E-state index contributed by atoms with van der Waals surface area (Å²) in [6, 6.07) is 12.0. The number of anilines is 2. The number of carbonyl (C=O) groups excluding carboxylic acids is 3. The zero-order chi connectivity index (χ0) is 15.7. The van der Waals surface area contributed by atoms with Gasteiger partial charge in [0.15, 0.2) is 5.78 Å². The van der Waals surface area contributed by atoms with Gasteiger partial charge in [0.05, 0.1) is 6.42 Å². The first-order chi connectivity index (χ1) is 10.5. The molecule has 0 unspecified atom stereocenters. The summed E-state index contributed by atoms with van der Waals surface area (Å²) in [7, 11) is 0. The number of fused-ring (bicyclic) bond motifs is 1. The first kappa shape index (κ1) is 14.0. The van der Waals surface area contributed by atoms with Crippen LogP contribution in [0.5, 0.6) is 0 Å². The van der Waals surface area contributed by atoms with E-state index in [2.05, 4.69) is 10.6 Å². The van der Waals surface area contributed by atoms with Crippen LogP contribution in [-0.2, 0) is 16.0 Å². The molecule has 1 aliphatic heterocycles. The normalized spacial score (nSPS) is 12.5. The standard InChI is InChI=1S/C17H14N2O3/c1-10(20)18-14-4-2-3-12(7-14)17(22)13-6-5-11-9-16(21)19-15(11)8-13/h2-8H,9H2,1H3,(H,18,20)(H,19,21). The van der Waals surface area contributed by atoms with Crippen molar-refractivity contribution in [1.82, 2.24) is 0 Å². The highest BCUT2D eigenvalue weighted by molar-refractivity contribution is 6.11. The van der Waals surface area contributed by atoms with Crippen molar-refractivity contribution in [2.24, 2.45) is 0 Å². The molecule has 0 saturated carbocycles. The van der Waals surface area contributed by atoms with Crippen molar-refractivity contribution in [3.05, 3.63) is 59.2 Å². The lowest BCUT2D eigenvalue weighted by Crippen LogP contribution is -2.08. The highest BCUT2D eigenvalue weighted by Gasteiger charge is 2.19. The Morgan fingerprint density at radius 1 is 1.09 bits per heavy atom. The molecule has 2 N–H and O–H groups in total. The van der Waals surface area contributed by atoms with Crippen molar-refractivity contribution >= 4 is 29.0 Å². The Balaban J connectivity index is 1.90. The van der Waals surface area contributed by atoms with Gasteiger partial charge in [0, 0.05) is 29.4 Å². The Bertz CT molecular complexity index is 796. The average Bonchev–Trinajstić information content (AvgIpc) is 2.85. The van der Waals surface area contributed by atoms with E-state index in [0.29, 0.717) is 28.9 Å². The molecule has 0 spiro atoms. The van der Waals surface area contributed by atoms with Crippen LogP contribution in [0.15, 0.2) is 42.5 Å². The fourth-order valence-corrected chi connectivity index (χ4v) is 2.46. The summed E-state index contributed by atoms with van der Waals surface area (Å²) < 4.78 is 0. The summed E-state index contributed by atoms with van der Waals surface area (Å²) >= 11 is 0. The van der Waals surface area contributed by atoms with Gasteiger partial charge in [-0.3, -0.25) is 14.4 Å². The third-order valence-electron chi connectivity index (χ3n) is 3.44. The maximum Gasteiger partial charge on any atom is 0.228 e. The minimum Gasteiger partial charge on any atom is -0.326 e. The van der Waals surface area contributed by atoms with Crippen molar-refractivity contribution < 1.29 is 14.4 Å².